The number of nitrogens with one attached hydrogen (secondary N) is 2. The number of piperidine rings is 1. The summed E-state index contributed by atoms with van der Waals surface area (Å²) in [6.07, 6.45) is 10.3. The fraction of sp³-hybridized carbons (Fsp3) is 0.552. The maximum Gasteiger partial charge on any atom is 0.0942 e. The molecule has 1 atom stereocenters. The molecular weight excluding hydrogens is 426 g/mol. The molecule has 1 saturated heterocycles. The fourth-order valence-corrected chi connectivity index (χ4v) is 5.97. The van der Waals surface area contributed by atoms with Crippen molar-refractivity contribution in [1.29, 1.82) is 0 Å². The third-order valence-corrected chi connectivity index (χ3v) is 7.90. The molecule has 178 valence electrons. The molecule has 1 aromatic carbocycles. The summed E-state index contributed by atoms with van der Waals surface area (Å²) in [4.78, 5) is 2.40. The van der Waals surface area contributed by atoms with Crippen molar-refractivity contribution in [2.24, 2.45) is 11.3 Å². The van der Waals surface area contributed by atoms with Crippen LogP contribution in [0.2, 0.25) is 5.02 Å². The lowest BCUT2D eigenvalue weighted by atomic mass is 9.66. The van der Waals surface area contributed by atoms with Crippen molar-refractivity contribution < 1.29 is 0 Å². The van der Waals surface area contributed by atoms with Crippen LogP contribution in [0.4, 0.5) is 0 Å². The molecule has 33 heavy (non-hydrogen) atoms. The zero-order valence-electron chi connectivity index (χ0n) is 20.6. The van der Waals surface area contributed by atoms with E-state index in [-0.39, 0.29) is 11.0 Å². The molecule has 1 aromatic rings. The smallest absolute Gasteiger partial charge is 0.0942 e. The molecule has 2 heterocycles. The predicted molar refractivity (Wildman–Crippen MR) is 140 cm³/mol. The number of hydrogen-bond donors (Lipinski definition) is 2. The lowest BCUT2D eigenvalue weighted by Crippen LogP contribution is -2.46. The van der Waals surface area contributed by atoms with Gasteiger partial charge in [-0.15, -0.1) is 5.73 Å². The lowest BCUT2D eigenvalue weighted by molar-refractivity contribution is 0.200. The van der Waals surface area contributed by atoms with Gasteiger partial charge < -0.3 is 15.5 Å². The van der Waals surface area contributed by atoms with Crippen molar-refractivity contribution in [3.05, 3.63) is 77.0 Å². The van der Waals surface area contributed by atoms with Gasteiger partial charge in [-0.2, -0.15) is 0 Å². The average molecular weight is 466 g/mol. The normalized spacial score (nSPS) is 28.2. The summed E-state index contributed by atoms with van der Waals surface area (Å²) < 4.78 is 0. The summed E-state index contributed by atoms with van der Waals surface area (Å²) in [6, 6.07) is 8.41. The van der Waals surface area contributed by atoms with E-state index in [4.69, 9.17) is 11.6 Å². The number of halogens is 1. The summed E-state index contributed by atoms with van der Waals surface area (Å²) in [7, 11) is 0. The van der Waals surface area contributed by atoms with Gasteiger partial charge in [-0.25, -0.2) is 0 Å². The van der Waals surface area contributed by atoms with Crippen molar-refractivity contribution in [1.82, 2.24) is 15.5 Å². The first-order chi connectivity index (χ1) is 15.7. The molecule has 4 rings (SSSR count). The molecule has 0 radical (unpaired) electrons. The van der Waals surface area contributed by atoms with Crippen molar-refractivity contribution in [3.63, 3.8) is 0 Å². The molecule has 3 aliphatic rings. The van der Waals surface area contributed by atoms with E-state index >= 15 is 0 Å². The first-order valence-electron chi connectivity index (χ1n) is 12.5. The van der Waals surface area contributed by atoms with Crippen LogP contribution in [-0.4, -0.2) is 23.5 Å². The Morgan fingerprint density at radius 3 is 2.67 bits per heavy atom. The van der Waals surface area contributed by atoms with Gasteiger partial charge in [-0.1, -0.05) is 36.9 Å². The van der Waals surface area contributed by atoms with E-state index in [0.717, 1.165) is 43.2 Å². The lowest BCUT2D eigenvalue weighted by Gasteiger charge is -2.42. The molecular formula is C29H40ClN3. The molecule has 0 amide bonds. The van der Waals surface area contributed by atoms with Gasteiger partial charge in [0.1, 0.15) is 0 Å². The second-order valence-corrected chi connectivity index (χ2v) is 11.7. The van der Waals surface area contributed by atoms with Crippen LogP contribution in [0.25, 0.3) is 0 Å². The SMILES string of the molecule is C=C(NC(C)(C)C)N1CCCC(C2=C=CCC3(CCC(c4cccc(Cl)c4)CC3)C(=C)N2)C1. The molecule has 1 aliphatic carbocycles. The fourth-order valence-electron chi connectivity index (χ4n) is 5.77. The highest BCUT2D eigenvalue weighted by atomic mass is 35.5. The van der Waals surface area contributed by atoms with Crippen molar-refractivity contribution >= 4 is 11.6 Å². The van der Waals surface area contributed by atoms with Crippen LogP contribution in [0, 0.1) is 11.3 Å². The number of benzene rings is 1. The third-order valence-electron chi connectivity index (χ3n) is 7.67. The highest BCUT2D eigenvalue weighted by Crippen LogP contribution is 2.49. The number of allylic oxidation sites excluding steroid dienone is 1. The van der Waals surface area contributed by atoms with Crippen LogP contribution < -0.4 is 10.6 Å². The van der Waals surface area contributed by atoms with E-state index in [1.54, 1.807) is 0 Å². The largest absolute Gasteiger partial charge is 0.368 e. The number of rotatable bonds is 4. The first kappa shape index (κ1) is 24.0. The van der Waals surface area contributed by atoms with Gasteiger partial charge in [-0.05, 0) is 95.4 Å². The Balaban J connectivity index is 1.38. The van der Waals surface area contributed by atoms with Crippen LogP contribution in [0.5, 0.6) is 0 Å². The quantitative estimate of drug-likeness (QED) is 0.464. The average Bonchev–Trinajstić information content (AvgIpc) is 2.92. The van der Waals surface area contributed by atoms with Crippen LogP contribution in [0.1, 0.15) is 77.2 Å². The van der Waals surface area contributed by atoms with E-state index in [0.29, 0.717) is 11.8 Å². The summed E-state index contributed by atoms with van der Waals surface area (Å²) in [5, 5.41) is 8.15. The van der Waals surface area contributed by atoms with Crippen molar-refractivity contribution in [2.45, 2.75) is 77.2 Å². The zero-order chi connectivity index (χ0) is 23.6. The first-order valence-corrected chi connectivity index (χ1v) is 12.9. The van der Waals surface area contributed by atoms with Crippen molar-refractivity contribution in [3.8, 4) is 0 Å². The number of hydrogen-bond acceptors (Lipinski definition) is 3. The van der Waals surface area contributed by atoms with Crippen LogP contribution >= 0.6 is 11.6 Å². The molecule has 1 unspecified atom stereocenters. The Bertz CT molecular complexity index is 955. The molecule has 2 fully saturated rings. The minimum atomic E-state index is 0.0222. The van der Waals surface area contributed by atoms with E-state index in [1.165, 1.54) is 42.6 Å². The van der Waals surface area contributed by atoms with Gasteiger partial charge in [0, 0.05) is 40.7 Å². The standard InChI is InChI=1S/C29H40ClN3/c1-21-29(16-13-23(14-17-29)24-9-6-11-26(30)19-24)15-7-12-27(31-21)25-10-8-18-33(20-25)22(2)32-28(3,4)5/h6-7,9,11,19,23,25,31-32H,1-2,8,10,13-18,20H2,3-5H3. The third kappa shape index (κ3) is 5.70. The molecule has 1 saturated carbocycles. The van der Waals surface area contributed by atoms with Gasteiger partial charge in [0.15, 0.2) is 0 Å². The van der Waals surface area contributed by atoms with E-state index in [1.807, 2.05) is 6.07 Å². The molecule has 1 spiro atoms. The highest BCUT2D eigenvalue weighted by molar-refractivity contribution is 6.30. The zero-order valence-corrected chi connectivity index (χ0v) is 21.4. The molecule has 2 aliphatic heterocycles. The summed E-state index contributed by atoms with van der Waals surface area (Å²) in [5.41, 5.74) is 7.57. The molecule has 0 bridgehead atoms. The Hall–Kier alpha value is -2.09. The summed E-state index contributed by atoms with van der Waals surface area (Å²) in [6.45, 7) is 17.5. The van der Waals surface area contributed by atoms with E-state index in [9.17, 15) is 0 Å². The van der Waals surface area contributed by atoms with Gasteiger partial charge in [0.25, 0.3) is 0 Å². The van der Waals surface area contributed by atoms with Gasteiger partial charge in [-0.3, -0.25) is 0 Å². The molecule has 3 nitrogen and oxygen atoms in total. The van der Waals surface area contributed by atoms with Gasteiger partial charge in [0.05, 0.1) is 11.5 Å². The second-order valence-electron chi connectivity index (χ2n) is 11.3. The summed E-state index contributed by atoms with van der Waals surface area (Å²) >= 11 is 6.25. The van der Waals surface area contributed by atoms with Gasteiger partial charge >= 0.3 is 0 Å². The maximum atomic E-state index is 6.25. The molecule has 4 heteroatoms. The number of likely N-dealkylation sites (tertiary alicyclic amines) is 1. The topological polar surface area (TPSA) is 27.3 Å². The molecule has 2 N–H and O–H groups in total. The molecule has 0 aromatic heterocycles. The predicted octanol–water partition coefficient (Wildman–Crippen LogP) is 7.10. The maximum absolute atomic E-state index is 6.25. The van der Waals surface area contributed by atoms with E-state index < -0.39 is 0 Å². The minimum absolute atomic E-state index is 0.0222. The Labute approximate surface area is 205 Å². The Kier molecular flexibility index (Phi) is 7.03. The second kappa shape index (κ2) is 9.65. The van der Waals surface area contributed by atoms with Gasteiger partial charge in [0.2, 0.25) is 0 Å². The monoisotopic (exact) mass is 465 g/mol. The van der Waals surface area contributed by atoms with Crippen LogP contribution in [-0.2, 0) is 0 Å². The highest BCUT2D eigenvalue weighted by Gasteiger charge is 2.39. The van der Waals surface area contributed by atoms with Crippen LogP contribution in [0.3, 0.4) is 0 Å². The Morgan fingerprint density at radius 1 is 1.21 bits per heavy atom. The van der Waals surface area contributed by atoms with E-state index in [2.05, 4.69) is 79.5 Å². The van der Waals surface area contributed by atoms with Crippen LogP contribution in [0.15, 0.2) is 66.4 Å². The Morgan fingerprint density at radius 2 is 1.97 bits per heavy atom. The number of nitrogens with zero attached hydrogens (tertiary/aromatic N) is 1. The summed E-state index contributed by atoms with van der Waals surface area (Å²) in [5.74, 6) is 2.05. The van der Waals surface area contributed by atoms with Crippen molar-refractivity contribution in [2.75, 3.05) is 13.1 Å². The minimum Gasteiger partial charge on any atom is -0.368 e.